The predicted molar refractivity (Wildman–Crippen MR) is 101 cm³/mol. The SMILES string of the molecule is N[C-]=O.[CH2-]CC(N)=O.[CH3-].[CH3-].[CH3-].[NH-]C(N)=O.[NH-]C(N)=O.[NH-]C(N)=O.[NH2-].[NH2-].[Rf].[Rf].[Rf].[Rf].[Rf]. The van der Waals surface area contributed by atoms with E-state index in [1.807, 2.05) is 0 Å². The third kappa shape index (κ3) is 171. The Balaban J connectivity index is -0.00000000669. The van der Waals surface area contributed by atoms with Crippen molar-refractivity contribution in [3.8, 4) is 0 Å². The van der Waals surface area contributed by atoms with E-state index in [9.17, 15) is 4.79 Å². The van der Waals surface area contributed by atoms with E-state index in [1.165, 1.54) is 0 Å². The fourth-order valence-corrected chi connectivity index (χ4v) is 0. The van der Waals surface area contributed by atoms with Crippen LogP contribution in [-0.4, -0.2) is 30.4 Å². The smallest absolute Gasteiger partial charge is 0.187 e. The first-order valence-corrected chi connectivity index (χ1v) is 4.07. The number of hydrogen-bond donors (Lipinski definition) is 5. The van der Waals surface area contributed by atoms with Crippen LogP contribution < -0.4 is 28.7 Å². The third-order valence-electron chi connectivity index (χ3n) is 0.246. The van der Waals surface area contributed by atoms with Crippen LogP contribution in [0.4, 0.5) is 14.4 Å². The molecule has 170 valence electrons. The topological polar surface area (TPSA) is 354 Å². The van der Waals surface area contributed by atoms with Crippen LogP contribution in [0, 0.1) is 29.2 Å². The number of carbonyl (C=O) groups is 4. The minimum atomic E-state index is -1.08. The molecule has 0 rings (SSSR count). The molecule has 0 aromatic heterocycles. The Labute approximate surface area is 149 Å². The second-order valence-corrected chi connectivity index (χ2v) is 1.93. The Bertz CT molecular complexity index is 268. The van der Waals surface area contributed by atoms with Gasteiger partial charge in [0, 0.05) is 0 Å². The summed E-state index contributed by atoms with van der Waals surface area (Å²) in [5, 5.41) is 0. The monoisotopic (exact) mass is 1710 g/mol. The molecule has 0 fully saturated rings. The molecular formula is C10H30N10O5Rf5-10. The first kappa shape index (κ1) is 208. The molecule has 0 radical (unpaired) electrons. The van der Waals surface area contributed by atoms with Crippen LogP contribution in [0.15, 0.2) is 0 Å². The van der Waals surface area contributed by atoms with E-state index in [4.69, 9.17) is 36.4 Å². The van der Waals surface area contributed by atoms with Crippen molar-refractivity contribution in [2.45, 2.75) is 6.42 Å². The average Bonchev–Trinajstić information content (AvgIpc) is 2.15. The fourth-order valence-electron chi connectivity index (χ4n) is 0. The standard InChI is InChI=1S/C3H6NO.3CH4N2O.CH2NO.3CH3.2H2N.5Rf/c1-2-3(4)5;3*2-1(3)4;2-1-3;;;;;;;;;;/h1-2H2,(H2,4,5);3*(H4,2,3,4);(H2,2,3);3*1H3;2*1H2;;;;;/q-1;;;;6*-1;;;;;/p-3. The molecule has 0 aromatic rings. The summed E-state index contributed by atoms with van der Waals surface area (Å²) in [6.45, 7) is 3.21. The van der Waals surface area contributed by atoms with Crippen molar-refractivity contribution in [3.63, 3.8) is 0 Å². The zero-order chi connectivity index (χ0) is 17.7. The van der Waals surface area contributed by atoms with Gasteiger partial charge in [0.2, 0.25) is 0 Å². The predicted octanol–water partition coefficient (Wildman–Crippen LogP) is 1.85. The molecule has 0 saturated carbocycles. The van der Waals surface area contributed by atoms with Crippen LogP contribution in [0.25, 0.3) is 29.5 Å². The van der Waals surface area contributed by atoms with Gasteiger partial charge in [0.15, 0.2) is 5.91 Å². The molecule has 0 spiro atoms. The van der Waals surface area contributed by atoms with Crippen molar-refractivity contribution >= 4 is 30.4 Å². The maximum absolute atomic E-state index is 9.53. The summed E-state index contributed by atoms with van der Waals surface area (Å²) < 4.78 is 0. The number of carbonyl (C=O) groups excluding carboxylic acids is 5. The zero-order valence-corrected chi connectivity index (χ0v) is 50.0. The number of hydrogen-bond acceptors (Lipinski definition) is 5. The number of rotatable bonds is 1. The summed E-state index contributed by atoms with van der Waals surface area (Å²) in [6, 6.07) is -3.25. The van der Waals surface area contributed by atoms with Crippen LogP contribution >= 0.6 is 0 Å². The maximum Gasteiger partial charge on any atom is 0.187 e. The maximum atomic E-state index is 9.53. The first-order valence-electron chi connectivity index (χ1n) is 4.07. The van der Waals surface area contributed by atoms with Crippen LogP contribution in [-0.2, 0) is 9.59 Å². The second-order valence-electron chi connectivity index (χ2n) is 1.93. The quantitative estimate of drug-likeness (QED) is 0.193. The number of urea groups is 3. The van der Waals surface area contributed by atoms with E-state index < -0.39 is 18.1 Å². The van der Waals surface area contributed by atoms with E-state index in [2.05, 4.69) is 35.6 Å². The van der Waals surface area contributed by atoms with Gasteiger partial charge in [-0.2, -0.15) is 6.41 Å². The van der Waals surface area contributed by atoms with Crippen molar-refractivity contribution in [1.82, 2.24) is 0 Å². The van der Waals surface area contributed by atoms with Crippen molar-refractivity contribution in [2.24, 2.45) is 28.7 Å². The van der Waals surface area contributed by atoms with Gasteiger partial charge in [-0.25, -0.2) is 0 Å². The van der Waals surface area contributed by atoms with Crippen molar-refractivity contribution < 1.29 is 24.0 Å². The Kier molecular flexibility index (Phi) is 1730. The Hall–Kier alpha value is -8.33. The van der Waals surface area contributed by atoms with Gasteiger partial charge in [-0.15, -0.1) is 6.42 Å². The van der Waals surface area contributed by atoms with Crippen LogP contribution in [0.1, 0.15) is 6.42 Å². The Morgan fingerprint density at radius 3 is 0.700 bits per heavy atom. The summed E-state index contributed by atoms with van der Waals surface area (Å²) in [6.07, 6.45) is 1.19. The zero-order valence-electron chi connectivity index (χ0n) is 18.0. The molecule has 0 atom stereocenters. The van der Waals surface area contributed by atoms with Gasteiger partial charge in [0.05, 0.1) is 0 Å². The van der Waals surface area contributed by atoms with E-state index in [0.29, 0.717) is 0 Å². The van der Waals surface area contributed by atoms with E-state index in [1.54, 1.807) is 0 Å². The summed E-state index contributed by atoms with van der Waals surface area (Å²) >= 11 is 0. The van der Waals surface area contributed by atoms with Crippen LogP contribution in [0.2, 0.25) is 0 Å². The molecule has 0 unspecified atom stereocenters. The molecule has 15 nitrogen and oxygen atoms in total. The molecule has 0 aliphatic heterocycles. The molecule has 0 bridgehead atoms. The number of amides is 8. The molecule has 30 heavy (non-hydrogen) atoms. The van der Waals surface area contributed by atoms with E-state index in [-0.39, 0.29) is 46.9 Å². The Morgan fingerprint density at radius 2 is 0.700 bits per heavy atom. The molecule has 0 heterocycles. The van der Waals surface area contributed by atoms with Crippen molar-refractivity contribution in [2.75, 3.05) is 0 Å². The van der Waals surface area contributed by atoms with Gasteiger partial charge >= 0.3 is 0 Å². The number of nitrogens with two attached hydrogens (primary N) is 7. The van der Waals surface area contributed by atoms with Crippen molar-refractivity contribution in [3.05, 3.63) is 58.7 Å². The van der Waals surface area contributed by atoms with Gasteiger partial charge in [-0.3, -0.25) is 19.2 Å². The molecule has 8 amide bonds. The normalized spacial score (nSPS) is 4.03. The average molecular weight is 1710 g/mol. The molecule has 0 aliphatic rings. The summed E-state index contributed by atoms with van der Waals surface area (Å²) in [5.74, 6) is -0.356. The third-order valence-corrected chi connectivity index (χ3v) is 0.246. The van der Waals surface area contributed by atoms with Gasteiger partial charge in [-0.05, 0) is 0 Å². The largest absolute Gasteiger partial charge is 0.693 e. The summed E-state index contributed by atoms with van der Waals surface area (Å²) in [7, 11) is 0. The van der Waals surface area contributed by atoms with Crippen LogP contribution in [0.3, 0.4) is 0 Å². The van der Waals surface area contributed by atoms with Gasteiger partial charge in [-0.1, -0.05) is 0 Å². The number of primary amides is 5. The summed E-state index contributed by atoms with van der Waals surface area (Å²) in [4.78, 5) is 44.7. The number of nitrogens with one attached hydrogen (secondary N) is 3. The summed E-state index contributed by atoms with van der Waals surface area (Å²) in [5.41, 5.74) is 38.2. The molecular weight excluding hydrogens is 1680 g/mol. The molecule has 0 aromatic carbocycles. The molecule has 20 heteroatoms. The van der Waals surface area contributed by atoms with Gasteiger partial charge < -0.3 is 92.2 Å². The Morgan fingerprint density at radius 1 is 0.667 bits per heavy atom. The van der Waals surface area contributed by atoms with E-state index in [0.717, 1.165) is 6.41 Å². The van der Waals surface area contributed by atoms with Crippen LogP contribution in [0.5, 0.6) is 0 Å². The van der Waals surface area contributed by atoms with Crippen molar-refractivity contribution in [1.29, 1.82) is 0 Å². The fraction of sp³-hybridized carbons (Fsp3) is 0.100. The second kappa shape index (κ2) is 249. The van der Waals surface area contributed by atoms with Gasteiger partial charge in [0.25, 0.3) is 0 Å². The molecule has 17 N–H and O–H groups in total. The first-order chi connectivity index (χ1) is 8.88. The van der Waals surface area contributed by atoms with Gasteiger partial charge in [0.1, 0.15) is 18.1 Å². The minimum Gasteiger partial charge on any atom is -0.693 e. The minimum absolute atomic E-state index is 0. The molecule has 0 aliphatic carbocycles. The van der Waals surface area contributed by atoms with E-state index >= 15 is 0 Å². The molecule has 0 saturated heterocycles.